The number of hydrogen-bond donors (Lipinski definition) is 1. The van der Waals surface area contributed by atoms with Crippen molar-refractivity contribution in [2.24, 2.45) is 0 Å². The molecule has 0 spiro atoms. The van der Waals surface area contributed by atoms with E-state index in [1.807, 2.05) is 36.4 Å². The molecule has 112 valence electrons. The molecule has 0 saturated heterocycles. The highest BCUT2D eigenvalue weighted by atomic mass is 79.9. The summed E-state index contributed by atoms with van der Waals surface area (Å²) in [7, 11) is 0. The van der Waals surface area contributed by atoms with Crippen molar-refractivity contribution in [3.63, 3.8) is 0 Å². The van der Waals surface area contributed by atoms with E-state index >= 15 is 0 Å². The number of benzene rings is 2. The molecule has 0 aromatic heterocycles. The van der Waals surface area contributed by atoms with Gasteiger partial charge in [-0.3, -0.25) is 0 Å². The van der Waals surface area contributed by atoms with Crippen LogP contribution in [0.2, 0.25) is 5.02 Å². The van der Waals surface area contributed by atoms with Crippen LogP contribution in [0, 0.1) is 0 Å². The Labute approximate surface area is 139 Å². The van der Waals surface area contributed by atoms with Crippen LogP contribution in [0.5, 0.6) is 5.75 Å². The lowest BCUT2D eigenvalue weighted by Gasteiger charge is -2.12. The molecule has 0 unspecified atom stereocenters. The summed E-state index contributed by atoms with van der Waals surface area (Å²) in [4.78, 5) is 0. The molecule has 4 heteroatoms. The summed E-state index contributed by atoms with van der Waals surface area (Å²) in [5, 5.41) is 4.14. The second-order valence-electron chi connectivity index (χ2n) is 5.17. The van der Waals surface area contributed by atoms with Crippen molar-refractivity contribution in [1.82, 2.24) is 5.32 Å². The first kappa shape index (κ1) is 16.3. The van der Waals surface area contributed by atoms with Gasteiger partial charge in [0.15, 0.2) is 0 Å². The minimum atomic E-state index is 0.449. The Balaban J connectivity index is 2.03. The topological polar surface area (TPSA) is 21.3 Å². The minimum Gasteiger partial charge on any atom is -0.489 e. The summed E-state index contributed by atoms with van der Waals surface area (Å²) >= 11 is 9.71. The van der Waals surface area contributed by atoms with E-state index in [0.717, 1.165) is 27.4 Å². The van der Waals surface area contributed by atoms with Crippen LogP contribution in [0.1, 0.15) is 25.0 Å². The zero-order valence-corrected chi connectivity index (χ0v) is 14.5. The third-order valence-corrected chi connectivity index (χ3v) is 4.21. The van der Waals surface area contributed by atoms with Gasteiger partial charge >= 0.3 is 0 Å². The third kappa shape index (κ3) is 5.03. The molecule has 0 aliphatic carbocycles. The van der Waals surface area contributed by atoms with Gasteiger partial charge in [-0.25, -0.2) is 0 Å². The number of hydrogen-bond acceptors (Lipinski definition) is 2. The summed E-state index contributed by atoms with van der Waals surface area (Å²) in [5.74, 6) is 0.846. The average Bonchev–Trinajstić information content (AvgIpc) is 2.46. The van der Waals surface area contributed by atoms with Crippen LogP contribution in [-0.2, 0) is 13.2 Å². The fourth-order valence-electron chi connectivity index (χ4n) is 1.87. The summed E-state index contributed by atoms with van der Waals surface area (Å²) in [6.07, 6.45) is 0. The molecule has 0 bridgehead atoms. The number of rotatable bonds is 6. The maximum Gasteiger partial charge on any atom is 0.120 e. The van der Waals surface area contributed by atoms with Crippen LogP contribution in [0.15, 0.2) is 46.9 Å². The fourth-order valence-corrected chi connectivity index (χ4v) is 2.44. The number of ether oxygens (including phenoxy) is 1. The third-order valence-electron chi connectivity index (χ3n) is 3.07. The Kier molecular flexibility index (Phi) is 6.09. The van der Waals surface area contributed by atoms with Crippen LogP contribution >= 0.6 is 27.5 Å². The Morgan fingerprint density at radius 1 is 1.14 bits per heavy atom. The van der Waals surface area contributed by atoms with Crippen LogP contribution in [0.4, 0.5) is 0 Å². The fraction of sp³-hybridized carbons (Fsp3) is 0.294. The first-order valence-corrected chi connectivity index (χ1v) is 8.11. The smallest absolute Gasteiger partial charge is 0.120 e. The molecule has 0 saturated carbocycles. The molecule has 21 heavy (non-hydrogen) atoms. The molecule has 0 aliphatic rings. The minimum absolute atomic E-state index is 0.449. The molecule has 2 aromatic rings. The molecule has 0 aliphatic heterocycles. The van der Waals surface area contributed by atoms with Crippen molar-refractivity contribution in [3.8, 4) is 5.75 Å². The zero-order valence-electron chi connectivity index (χ0n) is 12.2. The van der Waals surface area contributed by atoms with Gasteiger partial charge in [-0.1, -0.05) is 59.6 Å². The quantitative estimate of drug-likeness (QED) is 0.758. The van der Waals surface area contributed by atoms with Gasteiger partial charge < -0.3 is 10.1 Å². The van der Waals surface area contributed by atoms with Gasteiger partial charge in [0, 0.05) is 27.6 Å². The Morgan fingerprint density at radius 2 is 1.90 bits per heavy atom. The summed E-state index contributed by atoms with van der Waals surface area (Å²) in [5.41, 5.74) is 2.17. The van der Waals surface area contributed by atoms with Gasteiger partial charge in [-0.05, 0) is 29.8 Å². The molecular formula is C17H19BrClNO. The molecule has 0 heterocycles. The van der Waals surface area contributed by atoms with Gasteiger partial charge in [0.1, 0.15) is 12.4 Å². The molecule has 2 aromatic carbocycles. The second kappa shape index (κ2) is 7.83. The zero-order chi connectivity index (χ0) is 15.2. The lowest BCUT2D eigenvalue weighted by molar-refractivity contribution is 0.306. The predicted molar refractivity (Wildman–Crippen MR) is 91.9 cm³/mol. The lowest BCUT2D eigenvalue weighted by atomic mass is 10.2. The highest BCUT2D eigenvalue weighted by molar-refractivity contribution is 9.10. The average molecular weight is 369 g/mol. The van der Waals surface area contributed by atoms with Crippen molar-refractivity contribution in [2.45, 2.75) is 33.0 Å². The van der Waals surface area contributed by atoms with Crippen molar-refractivity contribution < 1.29 is 4.74 Å². The highest BCUT2D eigenvalue weighted by Crippen LogP contribution is 2.24. The van der Waals surface area contributed by atoms with E-state index in [0.29, 0.717) is 12.6 Å². The van der Waals surface area contributed by atoms with Crippen molar-refractivity contribution >= 4 is 27.5 Å². The number of nitrogens with one attached hydrogen (secondary N) is 1. The standard InChI is InChI=1S/C17H19BrClNO/c1-12(2)20-10-14-9-15(7-8-16(14)18)21-11-13-5-3-4-6-17(13)19/h3-9,12,20H,10-11H2,1-2H3. The molecule has 0 amide bonds. The van der Waals surface area contributed by atoms with Gasteiger partial charge in [0.25, 0.3) is 0 Å². The Morgan fingerprint density at radius 3 is 2.62 bits per heavy atom. The molecular weight excluding hydrogens is 350 g/mol. The molecule has 2 rings (SSSR count). The summed E-state index contributed by atoms with van der Waals surface area (Å²) in [6.45, 7) is 5.54. The predicted octanol–water partition coefficient (Wildman–Crippen LogP) is 5.18. The maximum atomic E-state index is 6.13. The van der Waals surface area contributed by atoms with Crippen LogP contribution in [-0.4, -0.2) is 6.04 Å². The van der Waals surface area contributed by atoms with Crippen LogP contribution < -0.4 is 10.1 Å². The largest absolute Gasteiger partial charge is 0.489 e. The summed E-state index contributed by atoms with van der Waals surface area (Å²) in [6, 6.07) is 14.2. The Bertz CT molecular complexity index is 601. The Hall–Kier alpha value is -1.03. The van der Waals surface area contributed by atoms with E-state index in [9.17, 15) is 0 Å². The first-order valence-electron chi connectivity index (χ1n) is 6.94. The van der Waals surface area contributed by atoms with Crippen molar-refractivity contribution in [2.75, 3.05) is 0 Å². The van der Waals surface area contributed by atoms with E-state index in [4.69, 9.17) is 16.3 Å². The molecule has 1 N–H and O–H groups in total. The van der Waals surface area contributed by atoms with E-state index in [-0.39, 0.29) is 0 Å². The monoisotopic (exact) mass is 367 g/mol. The van der Waals surface area contributed by atoms with Crippen molar-refractivity contribution in [1.29, 1.82) is 0 Å². The molecule has 0 fully saturated rings. The molecule has 2 nitrogen and oxygen atoms in total. The van der Waals surface area contributed by atoms with E-state index < -0.39 is 0 Å². The van der Waals surface area contributed by atoms with Gasteiger partial charge in [0.05, 0.1) is 0 Å². The van der Waals surface area contributed by atoms with E-state index in [2.05, 4.69) is 41.2 Å². The highest BCUT2D eigenvalue weighted by Gasteiger charge is 2.05. The lowest BCUT2D eigenvalue weighted by Crippen LogP contribution is -2.22. The van der Waals surface area contributed by atoms with Gasteiger partial charge in [0.2, 0.25) is 0 Å². The van der Waals surface area contributed by atoms with E-state index in [1.54, 1.807) is 0 Å². The van der Waals surface area contributed by atoms with Gasteiger partial charge in [-0.2, -0.15) is 0 Å². The number of halogens is 2. The van der Waals surface area contributed by atoms with Gasteiger partial charge in [-0.15, -0.1) is 0 Å². The molecule has 0 atom stereocenters. The second-order valence-corrected chi connectivity index (χ2v) is 6.43. The first-order chi connectivity index (χ1) is 10.1. The maximum absolute atomic E-state index is 6.13. The summed E-state index contributed by atoms with van der Waals surface area (Å²) < 4.78 is 6.93. The van der Waals surface area contributed by atoms with Crippen LogP contribution in [0.3, 0.4) is 0 Å². The normalized spacial score (nSPS) is 10.9. The van der Waals surface area contributed by atoms with E-state index in [1.165, 1.54) is 5.56 Å². The molecule has 0 radical (unpaired) electrons. The van der Waals surface area contributed by atoms with Crippen LogP contribution in [0.25, 0.3) is 0 Å². The SMILES string of the molecule is CC(C)NCc1cc(OCc2ccccc2Cl)ccc1Br. The van der Waals surface area contributed by atoms with Crippen molar-refractivity contribution in [3.05, 3.63) is 63.1 Å².